The Morgan fingerprint density at radius 3 is 2.20 bits per heavy atom. The zero-order valence-electron chi connectivity index (χ0n) is 11.8. The maximum Gasteiger partial charge on any atom is 0.303 e. The molecule has 110 valence electrons. The molecule has 0 heterocycles. The van der Waals surface area contributed by atoms with E-state index in [1.54, 1.807) is 0 Å². The molecule has 0 aliphatic rings. The minimum absolute atomic E-state index is 0.0310. The number of anilines is 2. The van der Waals surface area contributed by atoms with Crippen LogP contribution >= 0.6 is 0 Å². The van der Waals surface area contributed by atoms with Gasteiger partial charge in [-0.25, -0.2) is 0 Å². The Kier molecular flexibility index (Phi) is 7.17. The maximum absolute atomic E-state index is 11.7. The largest absolute Gasteiger partial charge is 0.481 e. The number of nitrogens with one attached hydrogen (secondary N) is 2. The monoisotopic (exact) mass is 278 g/mol. The summed E-state index contributed by atoms with van der Waals surface area (Å²) in [7, 11) is 0. The Morgan fingerprint density at radius 2 is 1.60 bits per heavy atom. The molecule has 0 saturated heterocycles. The van der Waals surface area contributed by atoms with E-state index < -0.39 is 5.97 Å². The van der Waals surface area contributed by atoms with Crippen LogP contribution in [-0.4, -0.2) is 23.5 Å². The summed E-state index contributed by atoms with van der Waals surface area (Å²) in [4.78, 5) is 22.0. The molecule has 0 aromatic heterocycles. The zero-order chi connectivity index (χ0) is 14.8. The Bertz CT molecular complexity index is 429. The van der Waals surface area contributed by atoms with Crippen LogP contribution in [0.1, 0.15) is 39.0 Å². The van der Waals surface area contributed by atoms with Crippen molar-refractivity contribution in [1.82, 2.24) is 0 Å². The molecule has 1 aromatic rings. The number of rotatable bonds is 9. The second-order valence-corrected chi connectivity index (χ2v) is 4.61. The minimum atomic E-state index is -0.782. The number of amides is 1. The summed E-state index contributed by atoms with van der Waals surface area (Å²) in [5, 5.41) is 14.5. The van der Waals surface area contributed by atoms with Crippen molar-refractivity contribution in [3.8, 4) is 0 Å². The van der Waals surface area contributed by atoms with Gasteiger partial charge in [-0.2, -0.15) is 0 Å². The average Bonchev–Trinajstić information content (AvgIpc) is 2.40. The fraction of sp³-hybridized carbons (Fsp3) is 0.467. The van der Waals surface area contributed by atoms with Crippen LogP contribution in [0.25, 0.3) is 0 Å². The van der Waals surface area contributed by atoms with Crippen LogP contribution in [0.3, 0.4) is 0 Å². The van der Waals surface area contributed by atoms with E-state index in [1.807, 2.05) is 31.2 Å². The molecule has 0 atom stereocenters. The third-order valence-electron chi connectivity index (χ3n) is 2.84. The van der Waals surface area contributed by atoms with Crippen LogP contribution in [0.4, 0.5) is 11.4 Å². The Labute approximate surface area is 119 Å². The van der Waals surface area contributed by atoms with Crippen molar-refractivity contribution < 1.29 is 14.7 Å². The van der Waals surface area contributed by atoms with Crippen LogP contribution < -0.4 is 10.6 Å². The van der Waals surface area contributed by atoms with E-state index in [1.165, 1.54) is 0 Å². The van der Waals surface area contributed by atoms with E-state index in [0.717, 1.165) is 24.3 Å². The standard InChI is InChI=1S/C15H22N2O3/c1-2-16-12-8-10-13(11-9-12)17-14(18)6-4-3-5-7-15(19)20/h8-11,16H,2-7H2,1H3,(H,17,18)(H,19,20). The predicted octanol–water partition coefficient (Wildman–Crippen LogP) is 3.09. The molecule has 0 aliphatic heterocycles. The molecule has 0 fully saturated rings. The number of carbonyl (C=O) groups is 2. The number of carbonyl (C=O) groups excluding carboxylic acids is 1. The van der Waals surface area contributed by atoms with Crippen molar-refractivity contribution in [3.63, 3.8) is 0 Å². The van der Waals surface area contributed by atoms with Crippen molar-refractivity contribution in [3.05, 3.63) is 24.3 Å². The summed E-state index contributed by atoms with van der Waals surface area (Å²) < 4.78 is 0. The molecule has 0 spiro atoms. The van der Waals surface area contributed by atoms with Gasteiger partial charge in [0.1, 0.15) is 0 Å². The molecule has 1 aromatic carbocycles. The first kappa shape index (κ1) is 16.0. The summed E-state index contributed by atoms with van der Waals surface area (Å²) in [5.41, 5.74) is 1.81. The maximum atomic E-state index is 11.7. The van der Waals surface area contributed by atoms with Crippen molar-refractivity contribution in [2.75, 3.05) is 17.2 Å². The van der Waals surface area contributed by atoms with E-state index in [4.69, 9.17) is 5.11 Å². The number of benzene rings is 1. The minimum Gasteiger partial charge on any atom is -0.481 e. The van der Waals surface area contributed by atoms with Crippen LogP contribution in [0.2, 0.25) is 0 Å². The summed E-state index contributed by atoms with van der Waals surface area (Å²) in [6.45, 7) is 2.89. The molecular weight excluding hydrogens is 256 g/mol. The highest BCUT2D eigenvalue weighted by Crippen LogP contribution is 2.14. The Morgan fingerprint density at radius 1 is 1.00 bits per heavy atom. The molecule has 0 bridgehead atoms. The molecule has 5 nitrogen and oxygen atoms in total. The molecule has 1 rings (SSSR count). The van der Waals surface area contributed by atoms with E-state index in [2.05, 4.69) is 10.6 Å². The first-order valence-electron chi connectivity index (χ1n) is 6.97. The van der Waals surface area contributed by atoms with Crippen molar-refractivity contribution in [2.45, 2.75) is 39.0 Å². The highest BCUT2D eigenvalue weighted by atomic mass is 16.4. The molecule has 1 amide bonds. The van der Waals surface area contributed by atoms with E-state index in [0.29, 0.717) is 19.3 Å². The van der Waals surface area contributed by atoms with Gasteiger partial charge < -0.3 is 15.7 Å². The lowest BCUT2D eigenvalue weighted by molar-refractivity contribution is -0.137. The molecule has 0 unspecified atom stereocenters. The fourth-order valence-electron chi connectivity index (χ4n) is 1.84. The number of hydrogen-bond donors (Lipinski definition) is 3. The molecule has 0 saturated carbocycles. The van der Waals surface area contributed by atoms with Gasteiger partial charge in [-0.05, 0) is 44.0 Å². The zero-order valence-corrected chi connectivity index (χ0v) is 11.8. The van der Waals surface area contributed by atoms with Gasteiger partial charge in [0.25, 0.3) is 0 Å². The number of hydrogen-bond acceptors (Lipinski definition) is 3. The Balaban J connectivity index is 2.22. The Hall–Kier alpha value is -2.04. The quantitative estimate of drug-likeness (QED) is 0.606. The lowest BCUT2D eigenvalue weighted by atomic mass is 10.1. The van der Waals surface area contributed by atoms with Crippen LogP contribution in [0, 0.1) is 0 Å². The smallest absolute Gasteiger partial charge is 0.303 e. The molecule has 0 aliphatic carbocycles. The van der Waals surface area contributed by atoms with Gasteiger partial charge in [-0.3, -0.25) is 9.59 Å². The lowest BCUT2D eigenvalue weighted by Gasteiger charge is -2.07. The normalized spacial score (nSPS) is 10.1. The van der Waals surface area contributed by atoms with Crippen LogP contribution in [-0.2, 0) is 9.59 Å². The van der Waals surface area contributed by atoms with Crippen molar-refractivity contribution >= 4 is 23.3 Å². The lowest BCUT2D eigenvalue weighted by Crippen LogP contribution is -2.11. The number of carboxylic acids is 1. The highest BCUT2D eigenvalue weighted by molar-refractivity contribution is 5.90. The number of unbranched alkanes of at least 4 members (excludes halogenated alkanes) is 2. The van der Waals surface area contributed by atoms with Gasteiger partial charge >= 0.3 is 5.97 Å². The third-order valence-corrected chi connectivity index (χ3v) is 2.84. The second kappa shape index (κ2) is 8.96. The summed E-state index contributed by atoms with van der Waals surface area (Å²) in [6.07, 6.45) is 2.70. The van der Waals surface area contributed by atoms with Gasteiger partial charge in [-0.1, -0.05) is 6.42 Å². The first-order chi connectivity index (χ1) is 9.61. The van der Waals surface area contributed by atoms with Gasteiger partial charge in [0.15, 0.2) is 0 Å². The van der Waals surface area contributed by atoms with E-state index >= 15 is 0 Å². The van der Waals surface area contributed by atoms with Crippen molar-refractivity contribution in [2.24, 2.45) is 0 Å². The second-order valence-electron chi connectivity index (χ2n) is 4.61. The number of carboxylic acid groups (broad SMARTS) is 1. The molecule has 0 radical (unpaired) electrons. The van der Waals surface area contributed by atoms with Gasteiger partial charge in [0.05, 0.1) is 0 Å². The van der Waals surface area contributed by atoms with Gasteiger partial charge in [-0.15, -0.1) is 0 Å². The van der Waals surface area contributed by atoms with Crippen LogP contribution in [0.15, 0.2) is 24.3 Å². The summed E-state index contributed by atoms with van der Waals surface area (Å²) in [5.74, 6) is -0.813. The van der Waals surface area contributed by atoms with E-state index in [9.17, 15) is 9.59 Å². The van der Waals surface area contributed by atoms with E-state index in [-0.39, 0.29) is 12.3 Å². The van der Waals surface area contributed by atoms with Crippen LogP contribution in [0.5, 0.6) is 0 Å². The van der Waals surface area contributed by atoms with Crippen molar-refractivity contribution in [1.29, 1.82) is 0 Å². The fourth-order valence-corrected chi connectivity index (χ4v) is 1.84. The molecular formula is C15H22N2O3. The van der Waals surface area contributed by atoms with Gasteiger partial charge in [0, 0.05) is 30.8 Å². The summed E-state index contributed by atoms with van der Waals surface area (Å²) in [6, 6.07) is 7.57. The molecule has 20 heavy (non-hydrogen) atoms. The predicted molar refractivity (Wildman–Crippen MR) is 80.0 cm³/mol. The van der Waals surface area contributed by atoms with Gasteiger partial charge in [0.2, 0.25) is 5.91 Å². The third kappa shape index (κ3) is 6.78. The summed E-state index contributed by atoms with van der Waals surface area (Å²) >= 11 is 0. The molecule has 3 N–H and O–H groups in total. The first-order valence-corrected chi connectivity index (χ1v) is 6.97. The molecule has 5 heteroatoms. The average molecular weight is 278 g/mol. The highest BCUT2D eigenvalue weighted by Gasteiger charge is 2.03. The number of aliphatic carboxylic acids is 1. The topological polar surface area (TPSA) is 78.4 Å². The SMILES string of the molecule is CCNc1ccc(NC(=O)CCCCCC(=O)O)cc1.